The van der Waals surface area contributed by atoms with E-state index in [-0.39, 0.29) is 23.5 Å². The van der Waals surface area contributed by atoms with Crippen molar-refractivity contribution < 1.29 is 14.3 Å². The number of rotatable bonds is 4. The summed E-state index contributed by atoms with van der Waals surface area (Å²) in [6, 6.07) is 14.6. The summed E-state index contributed by atoms with van der Waals surface area (Å²) in [4.78, 5) is 27.7. The van der Waals surface area contributed by atoms with Crippen molar-refractivity contribution in [2.75, 3.05) is 18.0 Å². The zero-order chi connectivity index (χ0) is 22.1. The van der Waals surface area contributed by atoms with Gasteiger partial charge in [-0.05, 0) is 48.9 Å². The van der Waals surface area contributed by atoms with Gasteiger partial charge in [0.25, 0.3) is 5.91 Å². The van der Waals surface area contributed by atoms with E-state index in [9.17, 15) is 14.3 Å². The van der Waals surface area contributed by atoms with E-state index in [4.69, 9.17) is 4.98 Å². The van der Waals surface area contributed by atoms with Gasteiger partial charge in [0.05, 0.1) is 16.6 Å². The second-order valence-corrected chi connectivity index (χ2v) is 7.70. The number of nitrogens with one attached hydrogen (secondary N) is 1. The van der Waals surface area contributed by atoms with E-state index in [2.05, 4.69) is 15.3 Å². The minimum atomic E-state index is -0.377. The third kappa shape index (κ3) is 3.82. The molecule has 1 atom stereocenters. The van der Waals surface area contributed by atoms with Crippen LogP contribution in [0.25, 0.3) is 22.3 Å². The average Bonchev–Trinajstić information content (AvgIpc) is 3.27. The summed E-state index contributed by atoms with van der Waals surface area (Å²) in [5, 5.41) is 13.9. The minimum absolute atomic E-state index is 0.0722. The Balaban J connectivity index is 1.47. The third-order valence-corrected chi connectivity index (χ3v) is 5.53. The molecule has 2 aromatic heterocycles. The molecular weight excluding hydrogens is 409 g/mol. The molecule has 0 radical (unpaired) electrons. The van der Waals surface area contributed by atoms with Gasteiger partial charge in [0, 0.05) is 36.9 Å². The zero-order valence-corrected chi connectivity index (χ0v) is 17.1. The number of para-hydroxylation sites is 1. The molecule has 1 aliphatic rings. The number of amides is 1. The topological polar surface area (TPSA) is 91.2 Å². The van der Waals surface area contributed by atoms with Crippen LogP contribution >= 0.6 is 0 Å². The van der Waals surface area contributed by atoms with E-state index >= 15 is 0 Å². The summed E-state index contributed by atoms with van der Waals surface area (Å²) in [6.45, 7) is 1.16. The Morgan fingerprint density at radius 2 is 2.00 bits per heavy atom. The van der Waals surface area contributed by atoms with Gasteiger partial charge in [0.15, 0.2) is 5.82 Å². The van der Waals surface area contributed by atoms with Crippen LogP contribution in [0.2, 0.25) is 0 Å². The highest BCUT2D eigenvalue weighted by Gasteiger charge is 2.27. The highest BCUT2D eigenvalue weighted by atomic mass is 19.1. The molecule has 1 fully saturated rings. The Morgan fingerprint density at radius 3 is 2.81 bits per heavy atom. The summed E-state index contributed by atoms with van der Waals surface area (Å²) >= 11 is 0. The van der Waals surface area contributed by atoms with E-state index in [0.717, 1.165) is 6.42 Å². The lowest BCUT2D eigenvalue weighted by Gasteiger charge is -2.21. The van der Waals surface area contributed by atoms with Gasteiger partial charge in [0.1, 0.15) is 17.4 Å². The van der Waals surface area contributed by atoms with Crippen LogP contribution in [0.15, 0.2) is 67.0 Å². The number of halogens is 1. The van der Waals surface area contributed by atoms with Crippen molar-refractivity contribution in [3.05, 3.63) is 78.4 Å². The molecule has 5 rings (SSSR count). The van der Waals surface area contributed by atoms with Crippen molar-refractivity contribution in [2.45, 2.75) is 12.5 Å². The molecule has 0 saturated carbocycles. The van der Waals surface area contributed by atoms with Gasteiger partial charge in [-0.15, -0.1) is 0 Å². The number of carbonyl (C=O) groups is 1. The summed E-state index contributed by atoms with van der Waals surface area (Å²) in [6.07, 6.45) is 3.87. The number of fused-ring (bicyclic) bond motifs is 1. The van der Waals surface area contributed by atoms with E-state index in [1.54, 1.807) is 48.7 Å². The molecule has 0 aliphatic carbocycles. The molecule has 1 amide bonds. The van der Waals surface area contributed by atoms with Crippen LogP contribution < -0.4 is 10.2 Å². The van der Waals surface area contributed by atoms with E-state index < -0.39 is 0 Å². The number of aromatic hydroxyl groups is 1. The van der Waals surface area contributed by atoms with Gasteiger partial charge in [-0.25, -0.2) is 14.4 Å². The van der Waals surface area contributed by atoms with Gasteiger partial charge in [-0.1, -0.05) is 12.1 Å². The van der Waals surface area contributed by atoms with Crippen molar-refractivity contribution >= 4 is 22.6 Å². The number of anilines is 1. The first-order valence-electron chi connectivity index (χ1n) is 10.3. The van der Waals surface area contributed by atoms with Crippen molar-refractivity contribution in [1.29, 1.82) is 0 Å². The smallest absolute Gasteiger partial charge is 0.253 e. The van der Waals surface area contributed by atoms with Crippen LogP contribution in [0, 0.1) is 5.82 Å². The largest absolute Gasteiger partial charge is 0.507 e. The highest BCUT2D eigenvalue weighted by Crippen LogP contribution is 2.33. The summed E-state index contributed by atoms with van der Waals surface area (Å²) in [5.41, 5.74) is 1.58. The Hall–Kier alpha value is -4.07. The molecule has 0 spiro atoms. The standard InChI is InChI=1S/C24H20FN5O2/c25-16-7-8-20-19(12-16)23(29-22(28-20)18-5-1-2-6-21(18)31)30-11-9-17(14-30)27-24(32)15-4-3-10-26-13-15/h1-8,10,12-13,17,31H,9,11,14H2,(H,27,32). The van der Waals surface area contributed by atoms with Crippen LogP contribution in [-0.4, -0.2) is 45.1 Å². The summed E-state index contributed by atoms with van der Waals surface area (Å²) < 4.78 is 14.1. The molecular formula is C24H20FN5O2. The van der Waals surface area contributed by atoms with Crippen molar-refractivity contribution in [3.8, 4) is 17.1 Å². The first kappa shape index (κ1) is 19.9. The molecule has 2 aromatic carbocycles. The number of carbonyl (C=O) groups excluding carboxylic acids is 1. The molecule has 0 bridgehead atoms. The Labute approximate surface area is 183 Å². The number of aromatic nitrogens is 3. The number of phenolic OH excluding ortho intramolecular Hbond substituents is 1. The molecule has 7 nitrogen and oxygen atoms in total. The third-order valence-electron chi connectivity index (χ3n) is 5.53. The molecule has 32 heavy (non-hydrogen) atoms. The van der Waals surface area contributed by atoms with Gasteiger partial charge in [-0.3, -0.25) is 9.78 Å². The van der Waals surface area contributed by atoms with Crippen molar-refractivity contribution in [1.82, 2.24) is 20.3 Å². The highest BCUT2D eigenvalue weighted by molar-refractivity contribution is 5.94. The number of nitrogens with zero attached hydrogens (tertiary/aromatic N) is 4. The van der Waals surface area contributed by atoms with Gasteiger partial charge in [-0.2, -0.15) is 0 Å². The number of phenols is 1. The SMILES string of the molecule is O=C(NC1CCN(c2nc(-c3ccccc3O)nc3ccc(F)cc23)C1)c1cccnc1. The fraction of sp³-hybridized carbons (Fsp3) is 0.167. The molecule has 1 saturated heterocycles. The molecule has 160 valence electrons. The van der Waals surface area contributed by atoms with Gasteiger partial charge in [0.2, 0.25) is 0 Å². The lowest BCUT2D eigenvalue weighted by atomic mass is 10.1. The molecule has 4 aromatic rings. The number of hydrogen-bond acceptors (Lipinski definition) is 6. The average molecular weight is 429 g/mol. The fourth-order valence-corrected chi connectivity index (χ4v) is 3.94. The maximum atomic E-state index is 14.1. The van der Waals surface area contributed by atoms with Gasteiger partial charge >= 0.3 is 0 Å². The first-order valence-corrected chi connectivity index (χ1v) is 10.3. The van der Waals surface area contributed by atoms with Crippen LogP contribution in [0.5, 0.6) is 5.75 Å². The number of pyridine rings is 1. The molecule has 3 heterocycles. The Kier molecular flexibility index (Phi) is 5.10. The van der Waals surface area contributed by atoms with Crippen molar-refractivity contribution in [2.24, 2.45) is 0 Å². The summed E-state index contributed by atoms with van der Waals surface area (Å²) in [5.74, 6) is 0.450. The number of benzene rings is 2. The van der Waals surface area contributed by atoms with E-state index in [0.29, 0.717) is 46.8 Å². The maximum Gasteiger partial charge on any atom is 0.253 e. The molecule has 8 heteroatoms. The molecule has 2 N–H and O–H groups in total. The fourth-order valence-electron chi connectivity index (χ4n) is 3.94. The Bertz CT molecular complexity index is 1300. The van der Waals surface area contributed by atoms with E-state index in [1.807, 2.05) is 4.90 Å². The van der Waals surface area contributed by atoms with Gasteiger partial charge < -0.3 is 15.3 Å². The normalized spacial score (nSPS) is 15.8. The summed E-state index contributed by atoms with van der Waals surface area (Å²) in [7, 11) is 0. The van der Waals surface area contributed by atoms with E-state index in [1.165, 1.54) is 18.3 Å². The van der Waals surface area contributed by atoms with Crippen LogP contribution in [-0.2, 0) is 0 Å². The van der Waals surface area contributed by atoms with Crippen molar-refractivity contribution in [3.63, 3.8) is 0 Å². The van der Waals surface area contributed by atoms with Crippen LogP contribution in [0.4, 0.5) is 10.2 Å². The zero-order valence-electron chi connectivity index (χ0n) is 17.1. The number of hydrogen-bond donors (Lipinski definition) is 2. The Morgan fingerprint density at radius 1 is 1.12 bits per heavy atom. The lowest BCUT2D eigenvalue weighted by Crippen LogP contribution is -2.37. The molecule has 1 aliphatic heterocycles. The second kappa shape index (κ2) is 8.22. The first-order chi connectivity index (χ1) is 15.6. The van der Waals surface area contributed by atoms with Crippen LogP contribution in [0.3, 0.4) is 0 Å². The predicted octanol–water partition coefficient (Wildman–Crippen LogP) is 3.55. The minimum Gasteiger partial charge on any atom is -0.507 e. The predicted molar refractivity (Wildman–Crippen MR) is 119 cm³/mol. The quantitative estimate of drug-likeness (QED) is 0.516. The second-order valence-electron chi connectivity index (χ2n) is 7.70. The lowest BCUT2D eigenvalue weighted by molar-refractivity contribution is 0.0940. The van der Waals surface area contributed by atoms with Crippen LogP contribution in [0.1, 0.15) is 16.8 Å². The monoisotopic (exact) mass is 429 g/mol. The maximum absolute atomic E-state index is 14.1. The molecule has 1 unspecified atom stereocenters.